The molecule has 1 amide bonds. The van der Waals surface area contributed by atoms with Gasteiger partial charge >= 0.3 is 6.09 Å². The van der Waals surface area contributed by atoms with Crippen molar-refractivity contribution in [1.29, 1.82) is 0 Å². The van der Waals surface area contributed by atoms with Crippen molar-refractivity contribution in [3.05, 3.63) is 34.9 Å². The Morgan fingerprint density at radius 1 is 1.43 bits per heavy atom. The fraction of sp³-hybridized carbons (Fsp3) is 0.300. The highest BCUT2D eigenvalue weighted by Crippen LogP contribution is 2.26. The highest BCUT2D eigenvalue weighted by molar-refractivity contribution is 6.31. The molecule has 1 heterocycles. The zero-order valence-electron chi connectivity index (χ0n) is 7.50. The van der Waals surface area contributed by atoms with Gasteiger partial charge in [-0.15, -0.1) is 0 Å². The molecule has 0 aliphatic carbocycles. The third kappa shape index (κ3) is 1.82. The third-order valence-electron chi connectivity index (χ3n) is 2.21. The smallest absolute Gasteiger partial charge is 0.407 e. The van der Waals surface area contributed by atoms with Gasteiger partial charge in [-0.05, 0) is 11.6 Å². The zero-order chi connectivity index (χ0) is 9.97. The largest absolute Gasteiger partial charge is 0.449 e. The summed E-state index contributed by atoms with van der Waals surface area (Å²) < 4.78 is 4.78. The van der Waals surface area contributed by atoms with E-state index in [0.29, 0.717) is 11.6 Å². The van der Waals surface area contributed by atoms with Crippen molar-refractivity contribution in [1.82, 2.24) is 5.32 Å². The van der Waals surface area contributed by atoms with Gasteiger partial charge < -0.3 is 10.1 Å². The van der Waals surface area contributed by atoms with E-state index in [-0.39, 0.29) is 12.1 Å². The van der Waals surface area contributed by atoms with Crippen LogP contribution in [-0.4, -0.2) is 12.7 Å². The zero-order valence-corrected chi connectivity index (χ0v) is 8.25. The Hall–Kier alpha value is -1.22. The molecule has 2 rings (SSSR count). The minimum Gasteiger partial charge on any atom is -0.449 e. The van der Waals surface area contributed by atoms with Gasteiger partial charge in [-0.1, -0.05) is 29.8 Å². The molecule has 1 aliphatic heterocycles. The molecule has 1 aromatic rings. The van der Waals surface area contributed by atoms with Crippen LogP contribution in [0.15, 0.2) is 24.3 Å². The van der Waals surface area contributed by atoms with Crippen LogP contribution in [0.4, 0.5) is 4.79 Å². The first-order chi connectivity index (χ1) is 6.77. The number of ether oxygens (including phenoxy) is 1. The third-order valence-corrected chi connectivity index (χ3v) is 2.56. The molecule has 0 radical (unpaired) electrons. The van der Waals surface area contributed by atoms with Gasteiger partial charge in [0, 0.05) is 11.4 Å². The van der Waals surface area contributed by atoms with Gasteiger partial charge in [0.1, 0.15) is 0 Å². The first-order valence-electron chi connectivity index (χ1n) is 4.45. The van der Waals surface area contributed by atoms with Crippen LogP contribution in [0.5, 0.6) is 0 Å². The fourth-order valence-corrected chi connectivity index (χ4v) is 1.78. The molecule has 0 bridgehead atoms. The Labute approximate surface area is 87.0 Å². The van der Waals surface area contributed by atoms with E-state index in [1.165, 1.54) is 0 Å². The molecule has 4 heteroatoms. The van der Waals surface area contributed by atoms with Crippen molar-refractivity contribution in [3.8, 4) is 0 Å². The first-order valence-corrected chi connectivity index (χ1v) is 4.83. The summed E-state index contributed by atoms with van der Waals surface area (Å²) in [6, 6.07) is 7.48. The van der Waals surface area contributed by atoms with Crippen LogP contribution in [-0.2, 0) is 4.74 Å². The van der Waals surface area contributed by atoms with E-state index in [1.807, 2.05) is 24.3 Å². The summed E-state index contributed by atoms with van der Waals surface area (Å²) in [5.74, 6) is 0. The summed E-state index contributed by atoms with van der Waals surface area (Å²) in [5.41, 5.74) is 0.950. The highest BCUT2D eigenvalue weighted by Gasteiger charge is 2.21. The van der Waals surface area contributed by atoms with E-state index in [2.05, 4.69) is 5.32 Å². The highest BCUT2D eigenvalue weighted by atomic mass is 35.5. The quantitative estimate of drug-likeness (QED) is 0.775. The molecule has 1 atom stereocenters. The van der Waals surface area contributed by atoms with Crippen molar-refractivity contribution in [3.63, 3.8) is 0 Å². The summed E-state index contributed by atoms with van der Waals surface area (Å²) in [4.78, 5) is 11.0. The number of hydrogen-bond acceptors (Lipinski definition) is 2. The second kappa shape index (κ2) is 3.88. The number of carbonyl (C=O) groups is 1. The maximum absolute atomic E-state index is 11.0. The number of rotatable bonds is 1. The standard InChI is InChI=1S/C10H10ClNO2/c11-8-4-2-1-3-7(8)9-5-6-14-10(13)12-9/h1-4,9H,5-6H2,(H,12,13)/t9-/m1/s1. The minimum atomic E-state index is -0.374. The molecule has 1 N–H and O–H groups in total. The Bertz CT molecular complexity index is 354. The van der Waals surface area contributed by atoms with E-state index < -0.39 is 0 Å². The second-order valence-corrected chi connectivity index (χ2v) is 3.55. The lowest BCUT2D eigenvalue weighted by atomic mass is 10.0. The van der Waals surface area contributed by atoms with Crippen LogP contribution in [0.3, 0.4) is 0 Å². The number of benzene rings is 1. The molecule has 0 saturated carbocycles. The minimum absolute atomic E-state index is 0.0232. The van der Waals surface area contributed by atoms with Crippen molar-refractivity contribution in [2.75, 3.05) is 6.61 Å². The molecular weight excluding hydrogens is 202 g/mol. The molecule has 3 nitrogen and oxygen atoms in total. The van der Waals surface area contributed by atoms with Crippen molar-refractivity contribution >= 4 is 17.7 Å². The predicted molar refractivity (Wildman–Crippen MR) is 53.3 cm³/mol. The van der Waals surface area contributed by atoms with Gasteiger partial charge in [0.2, 0.25) is 0 Å². The predicted octanol–water partition coefficient (Wildman–Crippen LogP) is 2.51. The van der Waals surface area contributed by atoms with Gasteiger partial charge in [0.05, 0.1) is 12.6 Å². The van der Waals surface area contributed by atoms with E-state index >= 15 is 0 Å². The van der Waals surface area contributed by atoms with Gasteiger partial charge in [-0.3, -0.25) is 0 Å². The molecule has 1 saturated heterocycles. The van der Waals surface area contributed by atoms with Crippen LogP contribution in [0.25, 0.3) is 0 Å². The lowest BCUT2D eigenvalue weighted by Gasteiger charge is -2.24. The number of alkyl carbamates (subject to hydrolysis) is 1. The topological polar surface area (TPSA) is 38.3 Å². The Morgan fingerprint density at radius 3 is 2.93 bits per heavy atom. The Balaban J connectivity index is 2.22. The van der Waals surface area contributed by atoms with Crippen molar-refractivity contribution < 1.29 is 9.53 Å². The average Bonchev–Trinajstić information content (AvgIpc) is 2.18. The van der Waals surface area contributed by atoms with Crippen LogP contribution < -0.4 is 5.32 Å². The first kappa shape index (κ1) is 9.34. The molecule has 1 aliphatic rings. The lowest BCUT2D eigenvalue weighted by Crippen LogP contribution is -2.35. The normalized spacial score (nSPS) is 21.2. The maximum Gasteiger partial charge on any atom is 0.407 e. The number of amides is 1. The second-order valence-electron chi connectivity index (χ2n) is 3.14. The van der Waals surface area contributed by atoms with Gasteiger partial charge in [-0.25, -0.2) is 4.79 Å². The van der Waals surface area contributed by atoms with Crippen LogP contribution in [0.2, 0.25) is 5.02 Å². The van der Waals surface area contributed by atoms with Crippen LogP contribution >= 0.6 is 11.6 Å². The van der Waals surface area contributed by atoms with Crippen LogP contribution in [0.1, 0.15) is 18.0 Å². The van der Waals surface area contributed by atoms with E-state index in [1.54, 1.807) is 0 Å². The van der Waals surface area contributed by atoms with E-state index in [0.717, 1.165) is 12.0 Å². The molecule has 14 heavy (non-hydrogen) atoms. The summed E-state index contributed by atoms with van der Waals surface area (Å²) in [6.45, 7) is 0.446. The number of cyclic esters (lactones) is 1. The van der Waals surface area contributed by atoms with Crippen molar-refractivity contribution in [2.45, 2.75) is 12.5 Å². The summed E-state index contributed by atoms with van der Waals surface area (Å²) >= 11 is 6.01. The summed E-state index contributed by atoms with van der Waals surface area (Å²) in [6.07, 6.45) is 0.385. The molecule has 1 fully saturated rings. The molecule has 74 valence electrons. The lowest BCUT2D eigenvalue weighted by molar-refractivity contribution is 0.115. The fourth-order valence-electron chi connectivity index (χ4n) is 1.52. The van der Waals surface area contributed by atoms with Gasteiger partial charge in [0.15, 0.2) is 0 Å². The SMILES string of the molecule is O=C1N[C@@H](c2ccccc2Cl)CCO1. The summed E-state index contributed by atoms with van der Waals surface area (Å²) in [5, 5.41) is 3.41. The monoisotopic (exact) mass is 211 g/mol. The number of halogens is 1. The summed E-state index contributed by atoms with van der Waals surface area (Å²) in [7, 11) is 0. The van der Waals surface area contributed by atoms with Crippen molar-refractivity contribution in [2.24, 2.45) is 0 Å². The molecule has 0 spiro atoms. The number of hydrogen-bond donors (Lipinski definition) is 1. The van der Waals surface area contributed by atoms with Gasteiger partial charge in [0.25, 0.3) is 0 Å². The molecule has 0 aromatic heterocycles. The molecule has 0 unspecified atom stereocenters. The number of nitrogens with one attached hydrogen (secondary N) is 1. The molecular formula is C10H10ClNO2. The molecule has 1 aromatic carbocycles. The Morgan fingerprint density at radius 2 is 2.21 bits per heavy atom. The van der Waals surface area contributed by atoms with Gasteiger partial charge in [-0.2, -0.15) is 0 Å². The number of carbonyl (C=O) groups excluding carboxylic acids is 1. The Kier molecular flexibility index (Phi) is 2.59. The maximum atomic E-state index is 11.0. The average molecular weight is 212 g/mol. The van der Waals surface area contributed by atoms with E-state index in [4.69, 9.17) is 16.3 Å². The van der Waals surface area contributed by atoms with E-state index in [9.17, 15) is 4.79 Å². The van der Waals surface area contributed by atoms with Crippen LogP contribution in [0, 0.1) is 0 Å².